The van der Waals surface area contributed by atoms with Crippen LogP contribution in [0.25, 0.3) is 0 Å². The van der Waals surface area contributed by atoms with E-state index in [4.69, 9.17) is 0 Å². The number of nitro groups is 1. The number of non-ortho nitro benzene ring substituents is 1. The van der Waals surface area contributed by atoms with Gasteiger partial charge in [0, 0.05) is 37.3 Å². The molecule has 0 unspecified atom stereocenters. The number of hydrogen-bond acceptors (Lipinski definition) is 6. The van der Waals surface area contributed by atoms with E-state index in [2.05, 4.69) is 5.32 Å². The van der Waals surface area contributed by atoms with Gasteiger partial charge in [-0.05, 0) is 31.0 Å². The molecular formula is C22H22N4O5. The topological polar surface area (TPSA) is 113 Å². The molecule has 0 aromatic heterocycles. The number of nitrogens with zero attached hydrogens (tertiary/aromatic N) is 3. The van der Waals surface area contributed by atoms with E-state index in [0.717, 1.165) is 10.5 Å². The van der Waals surface area contributed by atoms with Gasteiger partial charge in [0.15, 0.2) is 5.41 Å². The molecule has 9 heteroatoms. The zero-order valence-corrected chi connectivity index (χ0v) is 17.4. The minimum absolute atomic E-state index is 0.0604. The van der Waals surface area contributed by atoms with Gasteiger partial charge >= 0.3 is 6.03 Å². The van der Waals surface area contributed by atoms with Gasteiger partial charge in [0.2, 0.25) is 11.8 Å². The van der Waals surface area contributed by atoms with Crippen LogP contribution in [0.15, 0.2) is 48.5 Å². The molecule has 1 saturated heterocycles. The molecule has 2 aliphatic rings. The van der Waals surface area contributed by atoms with Crippen LogP contribution in [0.4, 0.5) is 16.2 Å². The van der Waals surface area contributed by atoms with E-state index < -0.39 is 40.3 Å². The summed E-state index contributed by atoms with van der Waals surface area (Å²) in [5.41, 5.74) is 0.150. The lowest BCUT2D eigenvalue weighted by Crippen LogP contribution is -2.70. The fraction of sp³-hybridized carbons (Fsp3) is 0.318. The largest absolute Gasteiger partial charge is 0.366 e. The maximum atomic E-state index is 13.8. The first-order chi connectivity index (χ1) is 14.7. The summed E-state index contributed by atoms with van der Waals surface area (Å²) in [6, 6.07) is 11.6. The quantitative estimate of drug-likeness (QED) is 0.462. The molecule has 2 heterocycles. The molecule has 1 spiro atoms. The Morgan fingerprint density at radius 2 is 1.81 bits per heavy atom. The molecule has 0 aliphatic carbocycles. The van der Waals surface area contributed by atoms with Crippen LogP contribution in [0, 0.1) is 15.5 Å². The third-order valence-corrected chi connectivity index (χ3v) is 6.05. The van der Waals surface area contributed by atoms with Crippen LogP contribution in [-0.4, -0.2) is 40.8 Å². The molecule has 1 N–H and O–H groups in total. The fourth-order valence-electron chi connectivity index (χ4n) is 4.72. The van der Waals surface area contributed by atoms with Crippen molar-refractivity contribution in [2.24, 2.45) is 5.41 Å². The number of carbonyl (C=O) groups excluding carboxylic acids is 3. The van der Waals surface area contributed by atoms with E-state index >= 15 is 0 Å². The van der Waals surface area contributed by atoms with Crippen molar-refractivity contribution in [3.63, 3.8) is 0 Å². The number of anilines is 1. The smallest absolute Gasteiger partial charge is 0.331 e. The molecule has 2 aliphatic heterocycles. The molecule has 9 nitrogen and oxygen atoms in total. The summed E-state index contributed by atoms with van der Waals surface area (Å²) in [4.78, 5) is 53.3. The van der Waals surface area contributed by atoms with Crippen LogP contribution in [-0.2, 0) is 16.0 Å². The molecule has 160 valence electrons. The highest BCUT2D eigenvalue weighted by Crippen LogP contribution is 2.51. The number of amides is 4. The minimum atomic E-state index is -1.66. The van der Waals surface area contributed by atoms with Crippen molar-refractivity contribution < 1.29 is 19.3 Å². The molecule has 2 aromatic carbocycles. The van der Waals surface area contributed by atoms with Crippen LogP contribution in [0.3, 0.4) is 0 Å². The van der Waals surface area contributed by atoms with E-state index in [-0.39, 0.29) is 12.1 Å². The summed E-state index contributed by atoms with van der Waals surface area (Å²) in [6.07, 6.45) is -0.0604. The third kappa shape index (κ3) is 2.96. The molecule has 4 rings (SSSR count). The first-order valence-electron chi connectivity index (χ1n) is 9.92. The number of carbonyl (C=O) groups is 3. The monoisotopic (exact) mass is 422 g/mol. The number of rotatable bonds is 3. The van der Waals surface area contributed by atoms with E-state index in [1.54, 1.807) is 31.9 Å². The Morgan fingerprint density at radius 1 is 1.13 bits per heavy atom. The summed E-state index contributed by atoms with van der Waals surface area (Å²) < 4.78 is 0. The molecule has 31 heavy (non-hydrogen) atoms. The van der Waals surface area contributed by atoms with E-state index in [9.17, 15) is 24.5 Å². The number of benzene rings is 2. The summed E-state index contributed by atoms with van der Waals surface area (Å²) in [5.74, 6) is -1.30. The van der Waals surface area contributed by atoms with Crippen LogP contribution in [0.5, 0.6) is 0 Å². The van der Waals surface area contributed by atoms with Crippen LogP contribution >= 0.6 is 0 Å². The fourth-order valence-corrected chi connectivity index (χ4v) is 4.72. The second kappa shape index (κ2) is 7.19. The lowest BCUT2D eigenvalue weighted by molar-refractivity contribution is -0.384. The molecule has 2 atom stereocenters. The van der Waals surface area contributed by atoms with Gasteiger partial charge in [-0.3, -0.25) is 29.9 Å². The van der Waals surface area contributed by atoms with Gasteiger partial charge in [-0.2, -0.15) is 0 Å². The Labute approximate surface area is 178 Å². The molecule has 0 bridgehead atoms. The highest BCUT2D eigenvalue weighted by atomic mass is 16.6. The molecule has 4 amide bonds. The maximum absolute atomic E-state index is 13.8. The van der Waals surface area contributed by atoms with Gasteiger partial charge in [-0.25, -0.2) is 4.79 Å². The number of nitrogens with one attached hydrogen (secondary N) is 1. The first-order valence-corrected chi connectivity index (χ1v) is 9.92. The normalized spacial score (nSPS) is 23.2. The van der Waals surface area contributed by atoms with Crippen molar-refractivity contribution in [1.29, 1.82) is 0 Å². The average Bonchev–Trinajstić information content (AvgIpc) is 2.72. The van der Waals surface area contributed by atoms with Crippen molar-refractivity contribution in [2.75, 3.05) is 11.9 Å². The van der Waals surface area contributed by atoms with Gasteiger partial charge in [0.05, 0.1) is 11.0 Å². The van der Waals surface area contributed by atoms with Crippen LogP contribution in [0.1, 0.15) is 31.0 Å². The van der Waals surface area contributed by atoms with Crippen molar-refractivity contribution in [3.05, 3.63) is 69.8 Å². The highest BCUT2D eigenvalue weighted by molar-refractivity contribution is 6.20. The number of hydrogen-bond donors (Lipinski definition) is 1. The van der Waals surface area contributed by atoms with Gasteiger partial charge in [-0.15, -0.1) is 0 Å². The van der Waals surface area contributed by atoms with Crippen LogP contribution < -0.4 is 10.2 Å². The van der Waals surface area contributed by atoms with Crippen molar-refractivity contribution in [1.82, 2.24) is 10.2 Å². The maximum Gasteiger partial charge on any atom is 0.331 e. The minimum Gasteiger partial charge on any atom is -0.366 e. The Bertz CT molecular complexity index is 1100. The second-order valence-electron chi connectivity index (χ2n) is 8.17. The number of imide groups is 2. The highest BCUT2D eigenvalue weighted by Gasteiger charge is 2.62. The summed E-state index contributed by atoms with van der Waals surface area (Å²) in [7, 11) is 1.75. The van der Waals surface area contributed by atoms with Gasteiger partial charge in [-0.1, -0.05) is 30.3 Å². The Kier molecular flexibility index (Phi) is 4.76. The predicted molar refractivity (Wildman–Crippen MR) is 112 cm³/mol. The Morgan fingerprint density at radius 3 is 2.42 bits per heavy atom. The van der Waals surface area contributed by atoms with Crippen LogP contribution in [0.2, 0.25) is 0 Å². The summed E-state index contributed by atoms with van der Waals surface area (Å²) in [5, 5.41) is 13.7. The van der Waals surface area contributed by atoms with Crippen molar-refractivity contribution >= 4 is 29.2 Å². The third-order valence-electron chi connectivity index (χ3n) is 6.05. The van der Waals surface area contributed by atoms with Gasteiger partial charge < -0.3 is 4.90 Å². The summed E-state index contributed by atoms with van der Waals surface area (Å²) >= 11 is 0. The van der Waals surface area contributed by atoms with Crippen molar-refractivity contribution in [3.8, 4) is 0 Å². The molecule has 0 radical (unpaired) electrons. The van der Waals surface area contributed by atoms with E-state index in [1.807, 2.05) is 30.3 Å². The zero-order valence-electron chi connectivity index (χ0n) is 17.4. The lowest BCUT2D eigenvalue weighted by atomic mass is 9.66. The number of barbiturate groups is 1. The standard InChI is InChI=1S/C22H22N4O5/c1-13(2)25-20(28)22(19(27)23-21(25)29)12-15-11-16(26(30)31)9-10-17(15)24(3)18(22)14-7-5-4-6-8-14/h4-11,13,18H,12H2,1-3H3,(H,23,27,29)/t18-,22+/m0/s1. The number of urea groups is 1. The first kappa shape index (κ1) is 20.5. The Hall–Kier alpha value is -3.75. The second-order valence-corrected chi connectivity index (χ2v) is 8.17. The Balaban J connectivity index is 1.98. The molecule has 2 aromatic rings. The molecular weight excluding hydrogens is 400 g/mol. The molecule has 0 saturated carbocycles. The predicted octanol–water partition coefficient (Wildman–Crippen LogP) is 2.80. The molecule has 1 fully saturated rings. The van der Waals surface area contributed by atoms with Gasteiger partial charge in [0.25, 0.3) is 5.69 Å². The van der Waals surface area contributed by atoms with E-state index in [1.165, 1.54) is 12.1 Å². The lowest BCUT2D eigenvalue weighted by Gasteiger charge is -2.51. The number of fused-ring (bicyclic) bond motifs is 1. The van der Waals surface area contributed by atoms with Gasteiger partial charge in [0.1, 0.15) is 0 Å². The van der Waals surface area contributed by atoms with E-state index in [0.29, 0.717) is 11.3 Å². The SMILES string of the molecule is CC(C)N1C(=O)NC(=O)[C@]2(Cc3cc([N+](=O)[O-])ccc3N(C)[C@H]2c2ccccc2)C1=O. The summed E-state index contributed by atoms with van der Waals surface area (Å²) in [6.45, 7) is 3.40. The number of nitro benzene ring substituents is 1. The average molecular weight is 422 g/mol. The zero-order chi connectivity index (χ0) is 22.5. The van der Waals surface area contributed by atoms with Crippen molar-refractivity contribution in [2.45, 2.75) is 32.4 Å².